The first kappa shape index (κ1) is 14.8. The Morgan fingerprint density at radius 3 is 2.58 bits per heavy atom. The maximum Gasteiger partial charge on any atom is 0.416 e. The monoisotopic (exact) mass is 360 g/mol. The molecule has 0 heterocycles. The first-order chi connectivity index (χ1) is 13.5. The van der Waals surface area contributed by atoms with E-state index in [2.05, 4.69) is 5.32 Å². The minimum absolute atomic E-state index is 0.0223. The molecule has 3 aromatic carbocycles. The predicted molar refractivity (Wildman–Crippen MR) is 100 cm³/mol. The fourth-order valence-electron chi connectivity index (χ4n) is 2.91. The number of rotatable bonds is 6. The average molecular weight is 360 g/mol. The molecule has 0 aromatic heterocycles. The topological polar surface area (TPSA) is 12.0 Å². The van der Waals surface area contributed by atoms with Crippen LogP contribution in [-0.4, -0.2) is 6.54 Å². The van der Waals surface area contributed by atoms with Crippen molar-refractivity contribution in [3.8, 4) is 0 Å². The van der Waals surface area contributed by atoms with E-state index in [1.165, 1.54) is 12.1 Å². The average Bonchev–Trinajstić information content (AvgIpc) is 2.66. The van der Waals surface area contributed by atoms with Crippen LogP contribution in [-0.2, 0) is 12.5 Å². The van der Waals surface area contributed by atoms with Gasteiger partial charge in [-0.2, -0.15) is 13.2 Å². The molecule has 1 atom stereocenters. The van der Waals surface area contributed by atoms with Crippen molar-refractivity contribution in [2.75, 3.05) is 6.54 Å². The largest absolute Gasteiger partial charge is 0.416 e. The molecular formula is C22H22F3N. The van der Waals surface area contributed by atoms with Crippen LogP contribution in [0.25, 0.3) is 10.8 Å². The van der Waals surface area contributed by atoms with Crippen molar-refractivity contribution >= 4 is 10.8 Å². The van der Waals surface area contributed by atoms with Gasteiger partial charge in [0.1, 0.15) is 0 Å². The molecule has 3 aromatic rings. The molecule has 0 aliphatic heterocycles. The highest BCUT2D eigenvalue weighted by Gasteiger charge is 2.30. The highest BCUT2D eigenvalue weighted by molar-refractivity contribution is 5.86. The van der Waals surface area contributed by atoms with Crippen molar-refractivity contribution in [3.63, 3.8) is 0 Å². The van der Waals surface area contributed by atoms with E-state index < -0.39 is 24.1 Å². The number of hydrogen-bond acceptors (Lipinski definition) is 1. The van der Waals surface area contributed by atoms with Gasteiger partial charge in [0.25, 0.3) is 0 Å². The van der Waals surface area contributed by atoms with Crippen LogP contribution in [0.5, 0.6) is 0 Å². The second kappa shape index (κ2) is 7.92. The number of fused-ring (bicyclic) bond motifs is 1. The van der Waals surface area contributed by atoms with Gasteiger partial charge in [-0.3, -0.25) is 0 Å². The van der Waals surface area contributed by atoms with Crippen LogP contribution in [0.4, 0.5) is 13.2 Å². The van der Waals surface area contributed by atoms with E-state index in [1.807, 2.05) is 42.5 Å². The van der Waals surface area contributed by atoms with E-state index in [0.717, 1.165) is 28.5 Å². The van der Waals surface area contributed by atoms with Crippen molar-refractivity contribution in [2.24, 2.45) is 0 Å². The molecule has 1 nitrogen and oxygen atoms in total. The molecular weight excluding hydrogens is 335 g/mol. The van der Waals surface area contributed by atoms with Gasteiger partial charge in [-0.1, -0.05) is 60.7 Å². The number of nitrogens with one attached hydrogen (secondary N) is 1. The first-order valence-electron chi connectivity index (χ1n) is 9.92. The van der Waals surface area contributed by atoms with Crippen LogP contribution in [0.1, 0.15) is 40.2 Å². The summed E-state index contributed by atoms with van der Waals surface area (Å²) in [4.78, 5) is 0. The maximum absolute atomic E-state index is 12.9. The lowest BCUT2D eigenvalue weighted by Gasteiger charge is -2.17. The van der Waals surface area contributed by atoms with Gasteiger partial charge in [-0.05, 0) is 54.2 Å². The quantitative estimate of drug-likeness (QED) is 0.556. The Labute approximate surface area is 156 Å². The third-order valence-electron chi connectivity index (χ3n) is 4.23. The van der Waals surface area contributed by atoms with Gasteiger partial charge in [0.2, 0.25) is 0 Å². The van der Waals surface area contributed by atoms with E-state index >= 15 is 0 Å². The van der Waals surface area contributed by atoms with Crippen molar-refractivity contribution < 1.29 is 17.3 Å². The van der Waals surface area contributed by atoms with E-state index in [4.69, 9.17) is 4.11 Å². The zero-order chi connectivity index (χ0) is 21.3. The second-order valence-corrected chi connectivity index (χ2v) is 6.08. The molecule has 26 heavy (non-hydrogen) atoms. The van der Waals surface area contributed by atoms with E-state index in [9.17, 15) is 13.2 Å². The van der Waals surface area contributed by atoms with Crippen LogP contribution in [0.3, 0.4) is 0 Å². The van der Waals surface area contributed by atoms with Crippen LogP contribution in [0.2, 0.25) is 0 Å². The van der Waals surface area contributed by atoms with Gasteiger partial charge in [0.15, 0.2) is 0 Å². The zero-order valence-corrected chi connectivity index (χ0v) is 14.4. The maximum atomic E-state index is 12.9. The summed E-state index contributed by atoms with van der Waals surface area (Å²) in [7, 11) is 0. The molecule has 0 aliphatic rings. The molecule has 0 radical (unpaired) electrons. The van der Waals surface area contributed by atoms with E-state index in [-0.39, 0.29) is 18.5 Å². The molecule has 0 saturated carbocycles. The molecule has 1 unspecified atom stereocenters. The Balaban J connectivity index is 1.74. The predicted octanol–water partition coefficient (Wildman–Crippen LogP) is 6.14. The lowest BCUT2D eigenvalue weighted by Crippen LogP contribution is -2.20. The molecule has 0 saturated heterocycles. The highest BCUT2D eigenvalue weighted by atomic mass is 19.4. The van der Waals surface area contributed by atoms with Crippen molar-refractivity contribution in [1.29, 1.82) is 0 Å². The summed E-state index contributed by atoms with van der Waals surface area (Å²) < 4.78 is 63.9. The number of benzene rings is 3. The molecule has 0 bridgehead atoms. The molecule has 0 aliphatic carbocycles. The zero-order valence-electron chi connectivity index (χ0n) is 17.4. The number of hydrogen-bond donors (Lipinski definition) is 1. The second-order valence-electron chi connectivity index (χ2n) is 6.08. The highest BCUT2D eigenvalue weighted by Crippen LogP contribution is 2.29. The smallest absolute Gasteiger partial charge is 0.310 e. The summed E-state index contributed by atoms with van der Waals surface area (Å²) >= 11 is 0. The minimum atomic E-state index is -4.52. The Kier molecular flexibility index (Phi) is 4.51. The Morgan fingerprint density at radius 1 is 1.04 bits per heavy atom. The number of alkyl halides is 3. The molecule has 0 spiro atoms. The summed E-state index contributed by atoms with van der Waals surface area (Å²) in [6.45, 7) is 1.82. The third-order valence-corrected chi connectivity index (χ3v) is 4.23. The van der Waals surface area contributed by atoms with Crippen LogP contribution >= 0.6 is 0 Å². The summed E-state index contributed by atoms with van der Waals surface area (Å²) in [5.74, 6) is 0. The van der Waals surface area contributed by atoms with E-state index in [0.29, 0.717) is 0 Å². The van der Waals surface area contributed by atoms with Crippen molar-refractivity contribution in [1.82, 2.24) is 5.32 Å². The van der Waals surface area contributed by atoms with Gasteiger partial charge in [0.05, 0.1) is 6.93 Å². The molecule has 3 rings (SSSR count). The Morgan fingerprint density at radius 2 is 1.77 bits per heavy atom. The van der Waals surface area contributed by atoms with Gasteiger partial charge in [-0.25, -0.2) is 0 Å². The van der Waals surface area contributed by atoms with Gasteiger partial charge in [-0.15, -0.1) is 0 Å². The fraction of sp³-hybridized carbons (Fsp3) is 0.273. The normalized spacial score (nSPS) is 16.5. The van der Waals surface area contributed by atoms with Crippen molar-refractivity contribution in [2.45, 2.75) is 31.9 Å². The summed E-state index contributed by atoms with van der Waals surface area (Å²) in [5, 5.41) is 4.98. The molecule has 1 N–H and O–H groups in total. The summed E-state index contributed by atoms with van der Waals surface area (Å²) in [5.41, 5.74) is -0.130. The lowest BCUT2D eigenvalue weighted by molar-refractivity contribution is -0.137. The summed E-state index contributed by atoms with van der Waals surface area (Å²) in [6.07, 6.45) is -6.53. The van der Waals surface area contributed by atoms with Gasteiger partial charge >= 0.3 is 6.18 Å². The van der Waals surface area contributed by atoms with E-state index in [1.54, 1.807) is 6.92 Å². The van der Waals surface area contributed by atoms with Crippen LogP contribution in [0.15, 0.2) is 66.7 Å². The van der Waals surface area contributed by atoms with Crippen LogP contribution in [0, 0.1) is 0 Å². The molecule has 0 amide bonds. The third kappa shape index (κ3) is 4.44. The lowest BCUT2D eigenvalue weighted by atomic mass is 9.99. The fourth-order valence-corrected chi connectivity index (χ4v) is 2.91. The first-order valence-corrected chi connectivity index (χ1v) is 8.42. The van der Waals surface area contributed by atoms with Gasteiger partial charge in [0, 0.05) is 8.76 Å². The molecule has 4 heteroatoms. The molecule has 0 fully saturated rings. The standard InChI is InChI=1S/C22H22F3N/c1-16(20-13-5-10-18-9-2-3-12-21(18)20)26-14-6-8-17-7-4-11-19(15-17)22(23,24)25/h2-5,7,9-13,15-16,26H,6,8,14H2,1H3/i8D2,16D. The Bertz CT molecular complexity index is 995. The van der Waals surface area contributed by atoms with Crippen LogP contribution < -0.4 is 5.32 Å². The van der Waals surface area contributed by atoms with Crippen molar-refractivity contribution in [3.05, 3.63) is 83.4 Å². The SMILES string of the molecule is [2H]C([2H])(CCNC([2H])(C)c1cccc2ccccc12)c1cccc(C(F)(F)F)c1. The summed E-state index contributed by atoms with van der Waals surface area (Å²) in [6, 6.07) is 16.6. The molecule has 136 valence electrons. The number of aryl methyl sites for hydroxylation is 1. The number of halogens is 3. The van der Waals surface area contributed by atoms with Gasteiger partial charge < -0.3 is 5.32 Å². The minimum Gasteiger partial charge on any atom is -0.310 e. The Hall–Kier alpha value is -2.33.